The average Bonchev–Trinajstić information content (AvgIpc) is 3.52. The Balaban J connectivity index is 1.50. The smallest absolute Gasteiger partial charge is 0.251 e. The van der Waals surface area contributed by atoms with Crippen molar-refractivity contribution in [1.29, 1.82) is 0 Å². The van der Waals surface area contributed by atoms with Crippen molar-refractivity contribution in [2.24, 2.45) is 29.1 Å². The number of benzene rings is 2. The number of ether oxygens (including phenoxy) is 1. The van der Waals surface area contributed by atoms with Crippen LogP contribution in [0.2, 0.25) is 0 Å². The summed E-state index contributed by atoms with van der Waals surface area (Å²) in [4.78, 5) is 50.9. The minimum Gasteiger partial charge on any atom is -0.496 e. The number of hydroxylamine groups is 2. The lowest BCUT2D eigenvalue weighted by Gasteiger charge is -2.62. The molecule has 1 saturated heterocycles. The zero-order valence-electron chi connectivity index (χ0n) is 35.8. The molecule has 0 unspecified atom stereocenters. The summed E-state index contributed by atoms with van der Waals surface area (Å²) in [5.41, 5.74) is 3.73. The van der Waals surface area contributed by atoms with Crippen LogP contribution in [0.3, 0.4) is 0 Å². The van der Waals surface area contributed by atoms with Crippen LogP contribution in [0, 0.1) is 29.1 Å². The predicted octanol–water partition coefficient (Wildman–Crippen LogP) is 4.06. The van der Waals surface area contributed by atoms with Crippen molar-refractivity contribution < 1.29 is 34.2 Å². The Morgan fingerprint density at radius 2 is 1.86 bits per heavy atom. The second kappa shape index (κ2) is 18.9. The van der Waals surface area contributed by atoms with E-state index in [0.29, 0.717) is 42.2 Å². The lowest BCUT2D eigenvalue weighted by atomic mass is 9.45. The molecule has 5 N–H and O–H groups in total. The minimum absolute atomic E-state index is 0.0146. The number of aliphatic hydroxyl groups is 2. The highest BCUT2D eigenvalue weighted by Crippen LogP contribution is 2.61. The van der Waals surface area contributed by atoms with Gasteiger partial charge in [0, 0.05) is 74.0 Å². The van der Waals surface area contributed by atoms with Crippen molar-refractivity contribution >= 4 is 23.4 Å². The zero-order chi connectivity index (χ0) is 41.8. The molecular weight excluding hydrogens is 725 g/mol. The molecule has 3 aliphatic carbocycles. The fourth-order valence-electron chi connectivity index (χ4n) is 9.76. The molecule has 2 bridgehead atoms. The summed E-state index contributed by atoms with van der Waals surface area (Å²) in [6.45, 7) is 13.4. The molecule has 3 saturated carbocycles. The lowest BCUT2D eigenvalue weighted by Crippen LogP contribution is -2.62. The van der Waals surface area contributed by atoms with E-state index in [1.807, 2.05) is 62.4 Å². The number of aliphatic hydroxyl groups excluding tert-OH is 2. The van der Waals surface area contributed by atoms with Gasteiger partial charge in [-0.3, -0.25) is 19.2 Å². The van der Waals surface area contributed by atoms with E-state index in [9.17, 15) is 24.6 Å². The molecule has 3 amide bonds. The largest absolute Gasteiger partial charge is 0.496 e. The van der Waals surface area contributed by atoms with Crippen LogP contribution in [0.4, 0.5) is 5.69 Å². The van der Waals surface area contributed by atoms with Crippen LogP contribution >= 0.6 is 0 Å². The molecule has 1 aliphatic heterocycles. The van der Waals surface area contributed by atoms with Gasteiger partial charge in [-0.2, -0.15) is 5.06 Å². The molecule has 57 heavy (non-hydrogen) atoms. The maximum atomic E-state index is 14.5. The van der Waals surface area contributed by atoms with Crippen LogP contribution in [0.25, 0.3) is 11.1 Å². The second-order valence-electron chi connectivity index (χ2n) is 17.6. The molecule has 0 aromatic heterocycles. The summed E-state index contributed by atoms with van der Waals surface area (Å²) >= 11 is 0. The van der Waals surface area contributed by atoms with E-state index in [2.05, 4.69) is 48.5 Å². The number of likely N-dealkylation sites (N-methyl/N-ethyl adjacent to an activating group) is 2. The number of rotatable bonds is 18. The van der Waals surface area contributed by atoms with Gasteiger partial charge in [0.1, 0.15) is 17.9 Å². The molecule has 9 atom stereocenters. The summed E-state index contributed by atoms with van der Waals surface area (Å²) in [6.07, 6.45) is 2.31. The first-order valence-electron chi connectivity index (χ1n) is 20.8. The van der Waals surface area contributed by atoms with Gasteiger partial charge in [-0.15, -0.1) is 0 Å². The van der Waals surface area contributed by atoms with Crippen LogP contribution in [0.1, 0.15) is 83.1 Å². The first-order valence-corrected chi connectivity index (χ1v) is 20.8. The van der Waals surface area contributed by atoms with E-state index in [-0.39, 0.29) is 54.9 Å². The van der Waals surface area contributed by atoms with Gasteiger partial charge in [-0.1, -0.05) is 52.3 Å². The second-order valence-corrected chi connectivity index (χ2v) is 17.6. The number of hydrogen-bond donors (Lipinski definition) is 5. The third-order valence-electron chi connectivity index (χ3n) is 13.0. The summed E-state index contributed by atoms with van der Waals surface area (Å²) < 4.78 is 6.13. The first kappa shape index (κ1) is 44.4. The van der Waals surface area contributed by atoms with Gasteiger partial charge in [0.2, 0.25) is 11.8 Å². The van der Waals surface area contributed by atoms with Gasteiger partial charge in [-0.05, 0) is 87.2 Å². The van der Waals surface area contributed by atoms with Crippen molar-refractivity contribution in [2.45, 2.75) is 104 Å². The normalized spacial score (nSPS) is 26.3. The highest BCUT2D eigenvalue weighted by atomic mass is 16.7. The minimum atomic E-state index is -0.910. The number of carbonyl (C=O) groups excluding carboxylic acids is 3. The third-order valence-corrected chi connectivity index (χ3v) is 13.0. The maximum Gasteiger partial charge on any atom is 0.251 e. The fourth-order valence-corrected chi connectivity index (χ4v) is 9.76. The van der Waals surface area contributed by atoms with Gasteiger partial charge in [0.25, 0.3) is 5.91 Å². The number of nitrogens with one attached hydrogen (secondary N) is 3. The zero-order valence-corrected chi connectivity index (χ0v) is 35.8. The summed E-state index contributed by atoms with van der Waals surface area (Å²) in [5, 5.41) is 32.1. The molecule has 4 aliphatic rings. The Labute approximate surface area is 339 Å². The molecule has 1 heterocycles. The van der Waals surface area contributed by atoms with E-state index in [1.54, 1.807) is 19.1 Å². The molecule has 0 spiro atoms. The molecule has 316 valence electrons. The summed E-state index contributed by atoms with van der Waals surface area (Å²) in [7, 11) is 7.46. The number of fused-ring (bicyclic) bond motifs is 2. The van der Waals surface area contributed by atoms with E-state index < -0.39 is 24.2 Å². The lowest BCUT2D eigenvalue weighted by molar-refractivity contribution is -0.177. The molecule has 2 aromatic carbocycles. The Morgan fingerprint density at radius 3 is 2.46 bits per heavy atom. The molecule has 13 heteroatoms. The van der Waals surface area contributed by atoms with E-state index >= 15 is 0 Å². The van der Waals surface area contributed by atoms with Crippen LogP contribution in [-0.4, -0.2) is 123 Å². The summed E-state index contributed by atoms with van der Waals surface area (Å²) in [6, 6.07) is 10.6. The molecule has 6 rings (SSSR count). The Morgan fingerprint density at radius 1 is 1.12 bits per heavy atom. The fraction of sp³-hybridized carbons (Fsp3) is 0.659. The highest BCUT2D eigenvalue weighted by molar-refractivity contribution is 5.97. The molecule has 13 nitrogen and oxygen atoms in total. The van der Waals surface area contributed by atoms with Gasteiger partial charge in [0.05, 0.1) is 26.4 Å². The van der Waals surface area contributed by atoms with Crippen LogP contribution < -0.4 is 25.6 Å². The predicted molar refractivity (Wildman–Crippen MR) is 223 cm³/mol. The van der Waals surface area contributed by atoms with Crippen LogP contribution in [-0.2, 0) is 21.0 Å². The van der Waals surface area contributed by atoms with Crippen LogP contribution in [0.5, 0.6) is 5.75 Å². The molecule has 2 aromatic rings. The SMILES string of the molecule is CCC[C@@H](CN(C)C)NC(=O)c1cc(-c2cccc(CN3O[C@@H](CNC(C)=O)[C@@H]([C@H](C)O)[C@H]3C(=O)N[C@H]3C[C@H]4C[C@@H]([C@@H]3C)C4(C)C)c2OC)cc(N(C)CCO)c1. The number of methoxy groups -OCH3 is 1. The van der Waals surface area contributed by atoms with Crippen molar-refractivity contribution in [2.75, 3.05) is 59.4 Å². The van der Waals surface area contributed by atoms with Gasteiger partial charge < -0.3 is 40.7 Å². The van der Waals surface area contributed by atoms with Crippen molar-refractivity contribution in [3.63, 3.8) is 0 Å². The Bertz CT molecular complexity index is 1720. The number of anilines is 1. The standard InChI is InChI=1S/C44H68N6O7/c1-11-13-33(25-48(7)8)46-42(54)31-18-30(19-34(20-31)49(9)16-17-51)35-15-12-14-29(41(35)56-10)24-50-40(39(27(3)52)38(57-50)23-45-28(4)53)43(55)47-37-22-32-21-36(26(37)2)44(32,5)6/h12,14-15,18-20,26-27,32-33,36-40,51-52H,11,13,16-17,21-25H2,1-10H3,(H,45,53)(H,46,54)(H,47,55)/t26-,27-,32+,33-,36-,37-,38-,39+,40-/m0/s1. The quantitative estimate of drug-likeness (QED) is 0.149. The van der Waals surface area contributed by atoms with Gasteiger partial charge in [0.15, 0.2) is 0 Å². The highest BCUT2D eigenvalue weighted by Gasteiger charge is 2.57. The molecule has 0 radical (unpaired) electrons. The first-order chi connectivity index (χ1) is 27.0. The number of amides is 3. The van der Waals surface area contributed by atoms with Crippen LogP contribution in [0.15, 0.2) is 36.4 Å². The molecule has 4 fully saturated rings. The monoisotopic (exact) mass is 793 g/mol. The van der Waals surface area contributed by atoms with E-state index in [4.69, 9.17) is 9.57 Å². The van der Waals surface area contributed by atoms with Crippen molar-refractivity contribution in [3.05, 3.63) is 47.5 Å². The maximum absolute atomic E-state index is 14.5. The average molecular weight is 793 g/mol. The molecular formula is C44H68N6O7. The number of hydrogen-bond acceptors (Lipinski definition) is 10. The van der Waals surface area contributed by atoms with Crippen molar-refractivity contribution in [3.8, 4) is 16.9 Å². The Kier molecular flexibility index (Phi) is 14.7. The van der Waals surface area contributed by atoms with E-state index in [0.717, 1.165) is 41.6 Å². The number of para-hydroxylation sites is 1. The van der Waals surface area contributed by atoms with Gasteiger partial charge in [-0.25, -0.2) is 0 Å². The van der Waals surface area contributed by atoms with Gasteiger partial charge >= 0.3 is 0 Å². The summed E-state index contributed by atoms with van der Waals surface area (Å²) in [5.74, 6) is 0.702. The number of carbonyl (C=O) groups is 3. The topological polar surface area (TPSA) is 156 Å². The van der Waals surface area contributed by atoms with E-state index in [1.165, 1.54) is 13.3 Å². The van der Waals surface area contributed by atoms with Crippen molar-refractivity contribution in [1.82, 2.24) is 25.9 Å². The third kappa shape index (κ3) is 9.93. The number of nitrogens with zero attached hydrogens (tertiary/aromatic N) is 3. The Hall–Kier alpha value is -3.75.